The van der Waals surface area contributed by atoms with E-state index in [0.29, 0.717) is 17.3 Å². The maximum Gasteiger partial charge on any atom is 0.326 e. The van der Waals surface area contributed by atoms with Crippen molar-refractivity contribution in [2.24, 2.45) is 0 Å². The van der Waals surface area contributed by atoms with Gasteiger partial charge in [-0.3, -0.25) is 19.3 Å². The van der Waals surface area contributed by atoms with Crippen molar-refractivity contribution in [2.75, 3.05) is 13.2 Å². The van der Waals surface area contributed by atoms with Gasteiger partial charge >= 0.3 is 5.97 Å². The fourth-order valence-electron chi connectivity index (χ4n) is 1.75. The van der Waals surface area contributed by atoms with Gasteiger partial charge in [-0.15, -0.1) is 0 Å². The molecule has 0 radical (unpaired) electrons. The van der Waals surface area contributed by atoms with E-state index >= 15 is 0 Å². The van der Waals surface area contributed by atoms with Gasteiger partial charge in [-0.1, -0.05) is 6.07 Å². The molecule has 0 aromatic heterocycles. The number of hydrogen-bond donors (Lipinski definition) is 2. The number of carbonyl (C=O) groups is 3. The van der Waals surface area contributed by atoms with Crippen molar-refractivity contribution in [1.82, 2.24) is 4.90 Å². The lowest BCUT2D eigenvalue weighted by molar-refractivity contribution is -0.145. The normalized spacial score (nSPS) is 16.4. The van der Waals surface area contributed by atoms with Crippen LogP contribution in [0.4, 0.5) is 4.79 Å². The molecule has 1 aliphatic rings. The fourth-order valence-corrected chi connectivity index (χ4v) is 2.59. The maximum atomic E-state index is 12.1. The Balaban J connectivity index is 2.18. The highest BCUT2D eigenvalue weighted by Gasteiger charge is 2.36. The number of rotatable bonds is 4. The van der Waals surface area contributed by atoms with Crippen molar-refractivity contribution in [3.63, 3.8) is 0 Å². The number of thioether (sulfide) groups is 1. The fraction of sp³-hybridized carbons (Fsp3) is 0.214. The van der Waals surface area contributed by atoms with Crippen LogP contribution in [0, 0.1) is 0 Å². The summed E-state index contributed by atoms with van der Waals surface area (Å²) in [6, 6.07) is 4.01. The number of nitrogens with zero attached hydrogens (tertiary/aromatic N) is 1. The van der Waals surface area contributed by atoms with Gasteiger partial charge in [0.2, 0.25) is 0 Å². The number of hydrogen-bond acceptors (Lipinski definition) is 7. The molecule has 2 amide bonds. The number of carbonyl (C=O) groups excluding carboxylic acids is 3. The van der Waals surface area contributed by atoms with Crippen LogP contribution in [-0.2, 0) is 14.3 Å². The van der Waals surface area contributed by atoms with Gasteiger partial charge in [-0.2, -0.15) is 0 Å². The standard InChI is InChI=1S/C14H13NO6S/c1-2-21-12(18)7-15-13(19)11(22-14(15)20)6-8-3-4-9(16)10(17)5-8/h3-6,16-17H,2,7H2,1H3/b11-6-. The summed E-state index contributed by atoms with van der Waals surface area (Å²) in [7, 11) is 0. The molecule has 0 unspecified atom stereocenters. The summed E-state index contributed by atoms with van der Waals surface area (Å²) in [6.07, 6.45) is 1.40. The number of phenolic OH excluding ortho intramolecular Hbond substituents is 2. The predicted octanol–water partition coefficient (Wildman–Crippen LogP) is 1.70. The predicted molar refractivity (Wildman–Crippen MR) is 79.1 cm³/mol. The molecule has 0 aliphatic carbocycles. The molecule has 1 saturated heterocycles. The summed E-state index contributed by atoms with van der Waals surface area (Å²) < 4.78 is 4.71. The quantitative estimate of drug-likeness (QED) is 0.493. The summed E-state index contributed by atoms with van der Waals surface area (Å²) in [4.78, 5) is 36.2. The molecule has 8 heteroatoms. The van der Waals surface area contributed by atoms with E-state index in [0.717, 1.165) is 4.90 Å². The second kappa shape index (κ2) is 6.52. The zero-order valence-electron chi connectivity index (χ0n) is 11.6. The van der Waals surface area contributed by atoms with Gasteiger partial charge in [0.25, 0.3) is 11.1 Å². The summed E-state index contributed by atoms with van der Waals surface area (Å²) in [5.41, 5.74) is 0.442. The summed E-state index contributed by atoms with van der Waals surface area (Å²) >= 11 is 0.693. The van der Waals surface area contributed by atoms with E-state index in [9.17, 15) is 24.6 Å². The van der Waals surface area contributed by atoms with E-state index in [2.05, 4.69) is 0 Å². The van der Waals surface area contributed by atoms with Crippen LogP contribution < -0.4 is 0 Å². The lowest BCUT2D eigenvalue weighted by atomic mass is 10.2. The average molecular weight is 323 g/mol. The van der Waals surface area contributed by atoms with Crippen molar-refractivity contribution >= 4 is 35.0 Å². The van der Waals surface area contributed by atoms with Crippen LogP contribution in [-0.4, -0.2) is 45.4 Å². The molecule has 1 heterocycles. The smallest absolute Gasteiger partial charge is 0.326 e. The number of aromatic hydroxyl groups is 2. The SMILES string of the molecule is CCOC(=O)CN1C(=O)S/C(=C\c2ccc(O)c(O)c2)C1=O. The Morgan fingerprint density at radius 1 is 1.32 bits per heavy atom. The van der Waals surface area contributed by atoms with Gasteiger partial charge in [0.15, 0.2) is 11.5 Å². The van der Waals surface area contributed by atoms with Crippen LogP contribution in [0.25, 0.3) is 6.08 Å². The first-order valence-electron chi connectivity index (χ1n) is 6.35. The van der Waals surface area contributed by atoms with E-state index in [-0.39, 0.29) is 23.0 Å². The van der Waals surface area contributed by atoms with E-state index < -0.39 is 23.7 Å². The molecule has 1 aromatic carbocycles. The monoisotopic (exact) mass is 323 g/mol. The van der Waals surface area contributed by atoms with Gasteiger partial charge in [-0.05, 0) is 42.5 Å². The molecule has 1 aliphatic heterocycles. The molecule has 2 rings (SSSR count). The topological polar surface area (TPSA) is 104 Å². The van der Waals surface area contributed by atoms with Crippen molar-refractivity contribution in [3.05, 3.63) is 28.7 Å². The minimum absolute atomic E-state index is 0.124. The number of amides is 2. The van der Waals surface area contributed by atoms with Crippen molar-refractivity contribution < 1.29 is 29.3 Å². The lowest BCUT2D eigenvalue weighted by Crippen LogP contribution is -2.34. The lowest BCUT2D eigenvalue weighted by Gasteiger charge is -2.10. The Hall–Kier alpha value is -2.48. The highest BCUT2D eigenvalue weighted by molar-refractivity contribution is 8.18. The van der Waals surface area contributed by atoms with Gasteiger partial charge in [0.1, 0.15) is 6.54 Å². The third-order valence-electron chi connectivity index (χ3n) is 2.76. The first kappa shape index (κ1) is 15.9. The second-order valence-corrected chi connectivity index (χ2v) is 5.31. The van der Waals surface area contributed by atoms with Crippen LogP contribution in [0.2, 0.25) is 0 Å². The van der Waals surface area contributed by atoms with Crippen LogP contribution in [0.5, 0.6) is 11.5 Å². The molecule has 0 atom stereocenters. The van der Waals surface area contributed by atoms with Gasteiger partial charge < -0.3 is 14.9 Å². The number of benzene rings is 1. The number of imide groups is 1. The van der Waals surface area contributed by atoms with Crippen molar-refractivity contribution in [2.45, 2.75) is 6.92 Å². The minimum atomic E-state index is -0.659. The number of esters is 1. The van der Waals surface area contributed by atoms with Crippen LogP contribution >= 0.6 is 11.8 Å². The Labute approximate surface area is 130 Å². The highest BCUT2D eigenvalue weighted by atomic mass is 32.2. The van der Waals surface area contributed by atoms with Gasteiger partial charge in [0, 0.05) is 0 Å². The zero-order chi connectivity index (χ0) is 16.3. The van der Waals surface area contributed by atoms with Crippen molar-refractivity contribution in [3.8, 4) is 11.5 Å². The Morgan fingerprint density at radius 3 is 2.68 bits per heavy atom. The van der Waals surface area contributed by atoms with E-state index in [1.807, 2.05) is 0 Å². The third-order valence-corrected chi connectivity index (χ3v) is 3.67. The molecular formula is C14H13NO6S. The Bertz CT molecular complexity index is 669. The second-order valence-electron chi connectivity index (χ2n) is 4.32. The summed E-state index contributed by atoms with van der Waals surface area (Å²) in [5.74, 6) is -1.88. The largest absolute Gasteiger partial charge is 0.504 e. The molecule has 0 bridgehead atoms. The Kier molecular flexibility index (Phi) is 4.71. The highest BCUT2D eigenvalue weighted by Crippen LogP contribution is 2.33. The van der Waals surface area contributed by atoms with E-state index in [4.69, 9.17) is 4.74 Å². The van der Waals surface area contributed by atoms with Crippen molar-refractivity contribution in [1.29, 1.82) is 0 Å². The molecular weight excluding hydrogens is 310 g/mol. The molecule has 1 fully saturated rings. The van der Waals surface area contributed by atoms with Crippen LogP contribution in [0.3, 0.4) is 0 Å². The molecule has 7 nitrogen and oxygen atoms in total. The number of phenols is 2. The summed E-state index contributed by atoms with van der Waals surface area (Å²) in [6.45, 7) is 1.36. The maximum absolute atomic E-state index is 12.1. The third kappa shape index (κ3) is 3.40. The van der Waals surface area contributed by atoms with Crippen LogP contribution in [0.15, 0.2) is 23.1 Å². The average Bonchev–Trinajstić information content (AvgIpc) is 2.71. The molecule has 22 heavy (non-hydrogen) atoms. The summed E-state index contributed by atoms with van der Waals surface area (Å²) in [5, 5.41) is 18.1. The molecule has 2 N–H and O–H groups in total. The molecule has 0 saturated carbocycles. The van der Waals surface area contributed by atoms with E-state index in [1.165, 1.54) is 24.3 Å². The van der Waals surface area contributed by atoms with Gasteiger partial charge in [-0.25, -0.2) is 0 Å². The van der Waals surface area contributed by atoms with Gasteiger partial charge in [0.05, 0.1) is 11.5 Å². The van der Waals surface area contributed by atoms with Crippen LogP contribution in [0.1, 0.15) is 12.5 Å². The first-order chi connectivity index (χ1) is 10.4. The Morgan fingerprint density at radius 2 is 2.05 bits per heavy atom. The molecule has 116 valence electrons. The number of ether oxygens (including phenoxy) is 1. The minimum Gasteiger partial charge on any atom is -0.504 e. The zero-order valence-corrected chi connectivity index (χ0v) is 12.4. The molecule has 1 aromatic rings. The first-order valence-corrected chi connectivity index (χ1v) is 7.17. The molecule has 0 spiro atoms. The van der Waals surface area contributed by atoms with E-state index in [1.54, 1.807) is 6.92 Å².